The smallest absolute Gasteiger partial charge is 0.329 e. The second kappa shape index (κ2) is 8.76. The number of nitro benzene ring substituents is 1. The molecule has 0 N–H and O–H groups in total. The molecule has 3 rings (SSSR count). The maximum Gasteiger partial charge on any atom is 0.329 e. The average Bonchev–Trinajstić information content (AvgIpc) is 3.16. The summed E-state index contributed by atoms with van der Waals surface area (Å²) in [7, 11) is 0. The van der Waals surface area contributed by atoms with Crippen LogP contribution in [0, 0.1) is 24.0 Å². The summed E-state index contributed by atoms with van der Waals surface area (Å²) < 4.78 is 6.75. The van der Waals surface area contributed by atoms with E-state index in [1.54, 1.807) is 25.1 Å². The molecule has 0 spiro atoms. The number of esters is 1. The molecular weight excluding hydrogens is 422 g/mol. The molecule has 0 bridgehead atoms. The van der Waals surface area contributed by atoms with E-state index in [0.717, 1.165) is 28.0 Å². The monoisotopic (exact) mass is 443 g/mol. The summed E-state index contributed by atoms with van der Waals surface area (Å²) in [6.07, 6.45) is 1.60. The molecule has 2 heterocycles. The predicted molar refractivity (Wildman–Crippen MR) is 116 cm³/mol. The van der Waals surface area contributed by atoms with Gasteiger partial charge in [-0.05, 0) is 63.2 Å². The Morgan fingerprint density at radius 1 is 1.29 bits per heavy atom. The number of thioether (sulfide) groups is 1. The highest BCUT2D eigenvalue weighted by atomic mass is 32.2. The molecule has 1 aliphatic rings. The fraction of sp³-hybridized carbons (Fsp3) is 0.286. The third-order valence-corrected chi connectivity index (χ3v) is 5.78. The van der Waals surface area contributed by atoms with Crippen LogP contribution in [0.3, 0.4) is 0 Å². The first-order chi connectivity index (χ1) is 14.6. The average molecular weight is 443 g/mol. The van der Waals surface area contributed by atoms with E-state index in [2.05, 4.69) is 0 Å². The maximum absolute atomic E-state index is 12.8. The molecule has 162 valence electrons. The van der Waals surface area contributed by atoms with Crippen LogP contribution in [0.5, 0.6) is 0 Å². The number of amides is 2. The molecule has 1 atom stereocenters. The number of carbonyl (C=O) groups is 3. The van der Waals surface area contributed by atoms with Crippen LogP contribution in [0.25, 0.3) is 11.8 Å². The Kier molecular flexibility index (Phi) is 6.30. The van der Waals surface area contributed by atoms with Gasteiger partial charge in [-0.2, -0.15) is 0 Å². The van der Waals surface area contributed by atoms with Crippen LogP contribution in [-0.4, -0.2) is 44.2 Å². The number of hydrogen-bond donors (Lipinski definition) is 0. The Hall–Kier alpha value is -3.40. The van der Waals surface area contributed by atoms with Crippen molar-refractivity contribution in [3.05, 3.63) is 62.3 Å². The van der Waals surface area contributed by atoms with Crippen LogP contribution in [0.15, 0.2) is 35.2 Å². The molecule has 2 amide bonds. The summed E-state index contributed by atoms with van der Waals surface area (Å²) in [5.41, 5.74) is 2.85. The lowest BCUT2D eigenvalue weighted by atomic mass is 10.2. The molecule has 10 heteroatoms. The zero-order valence-electron chi connectivity index (χ0n) is 17.4. The van der Waals surface area contributed by atoms with Crippen molar-refractivity contribution in [2.75, 3.05) is 6.61 Å². The Morgan fingerprint density at radius 3 is 2.65 bits per heavy atom. The van der Waals surface area contributed by atoms with Crippen LogP contribution in [0.4, 0.5) is 10.5 Å². The quantitative estimate of drug-likeness (QED) is 0.287. The van der Waals surface area contributed by atoms with Crippen molar-refractivity contribution in [3.63, 3.8) is 0 Å². The van der Waals surface area contributed by atoms with Crippen molar-refractivity contribution in [3.8, 4) is 5.69 Å². The minimum atomic E-state index is -1.02. The van der Waals surface area contributed by atoms with Crippen molar-refractivity contribution < 1.29 is 24.0 Å². The number of imide groups is 1. The third kappa shape index (κ3) is 4.24. The van der Waals surface area contributed by atoms with Gasteiger partial charge in [-0.15, -0.1) is 0 Å². The first-order valence-electron chi connectivity index (χ1n) is 9.53. The molecule has 1 fully saturated rings. The number of benzene rings is 1. The van der Waals surface area contributed by atoms with Gasteiger partial charge >= 0.3 is 5.97 Å². The number of rotatable bonds is 6. The largest absolute Gasteiger partial charge is 0.464 e. The number of aromatic nitrogens is 1. The SMILES string of the molecule is CCOC(=O)[C@@H](C)N1C(=O)S/C(=C/c2cc(C)n(-c3cccc([N+](=O)[O-])c3)c2C)C1=O. The molecule has 1 saturated heterocycles. The molecule has 1 aliphatic heterocycles. The lowest BCUT2D eigenvalue weighted by Crippen LogP contribution is -2.42. The number of aryl methyl sites for hydroxylation is 1. The molecule has 31 heavy (non-hydrogen) atoms. The molecular formula is C21H21N3O6S. The Bertz CT molecular complexity index is 1120. The number of nitro groups is 1. The van der Waals surface area contributed by atoms with Gasteiger partial charge in [0.05, 0.1) is 22.1 Å². The summed E-state index contributed by atoms with van der Waals surface area (Å²) >= 11 is 0.759. The summed E-state index contributed by atoms with van der Waals surface area (Å²) in [5.74, 6) is -1.20. The van der Waals surface area contributed by atoms with E-state index < -0.39 is 28.1 Å². The molecule has 0 radical (unpaired) electrons. The van der Waals surface area contributed by atoms with Gasteiger partial charge in [0, 0.05) is 23.5 Å². The molecule has 9 nitrogen and oxygen atoms in total. The van der Waals surface area contributed by atoms with Crippen LogP contribution < -0.4 is 0 Å². The fourth-order valence-corrected chi connectivity index (χ4v) is 4.30. The molecule has 0 aliphatic carbocycles. The molecule has 1 aromatic carbocycles. The van der Waals surface area contributed by atoms with Crippen molar-refractivity contribution in [2.45, 2.75) is 33.7 Å². The highest BCUT2D eigenvalue weighted by molar-refractivity contribution is 8.18. The number of nitrogens with zero attached hydrogens (tertiary/aromatic N) is 3. The first-order valence-corrected chi connectivity index (χ1v) is 10.3. The lowest BCUT2D eigenvalue weighted by Gasteiger charge is -2.19. The molecule has 1 aromatic heterocycles. The minimum absolute atomic E-state index is 0.0272. The zero-order valence-corrected chi connectivity index (χ0v) is 18.3. The molecule has 2 aromatic rings. The number of carbonyl (C=O) groups excluding carboxylic acids is 3. The summed E-state index contributed by atoms with van der Waals surface area (Å²) in [6.45, 7) is 6.92. The highest BCUT2D eigenvalue weighted by Crippen LogP contribution is 2.35. The third-order valence-electron chi connectivity index (χ3n) is 4.89. The standard InChI is InChI=1S/C21H21N3O6S/c1-5-30-20(26)14(4)23-19(25)18(31-21(23)27)10-15-9-12(2)22(13(15)3)16-7-6-8-17(11-16)24(28)29/h6-11,14H,5H2,1-4H3/b18-10+/t14-/m1/s1. The van der Waals surface area contributed by atoms with Gasteiger partial charge in [0.15, 0.2) is 0 Å². The fourth-order valence-electron chi connectivity index (χ4n) is 3.40. The predicted octanol–water partition coefficient (Wildman–Crippen LogP) is 3.99. The first kappa shape index (κ1) is 22.3. The van der Waals surface area contributed by atoms with Gasteiger partial charge in [-0.1, -0.05) is 6.07 Å². The van der Waals surface area contributed by atoms with Crippen LogP contribution >= 0.6 is 11.8 Å². The topological polar surface area (TPSA) is 112 Å². The van der Waals surface area contributed by atoms with Crippen molar-refractivity contribution in [1.82, 2.24) is 9.47 Å². The highest BCUT2D eigenvalue weighted by Gasteiger charge is 2.41. The van der Waals surface area contributed by atoms with Crippen molar-refractivity contribution in [1.29, 1.82) is 0 Å². The number of non-ortho nitro benzene ring substituents is 1. The van der Waals surface area contributed by atoms with Crippen LogP contribution in [0.2, 0.25) is 0 Å². The van der Waals surface area contributed by atoms with E-state index in [-0.39, 0.29) is 17.2 Å². The summed E-state index contributed by atoms with van der Waals surface area (Å²) in [4.78, 5) is 48.9. The summed E-state index contributed by atoms with van der Waals surface area (Å²) in [5, 5.41) is 10.6. The normalized spacial score (nSPS) is 16.1. The molecule has 0 unspecified atom stereocenters. The van der Waals surface area contributed by atoms with Gasteiger partial charge in [0.25, 0.3) is 16.8 Å². The van der Waals surface area contributed by atoms with Crippen LogP contribution in [0.1, 0.15) is 30.8 Å². The molecule has 0 saturated carbocycles. The van der Waals surface area contributed by atoms with Gasteiger partial charge in [-0.3, -0.25) is 24.6 Å². The maximum atomic E-state index is 12.8. The Balaban J connectivity index is 1.95. The lowest BCUT2D eigenvalue weighted by molar-refractivity contribution is -0.384. The number of ether oxygens (including phenoxy) is 1. The van der Waals surface area contributed by atoms with Crippen LogP contribution in [-0.2, 0) is 14.3 Å². The summed E-state index contributed by atoms with van der Waals surface area (Å²) in [6, 6.07) is 7.06. The zero-order chi connectivity index (χ0) is 22.9. The number of hydrogen-bond acceptors (Lipinski definition) is 7. The van der Waals surface area contributed by atoms with E-state index in [4.69, 9.17) is 4.74 Å². The van der Waals surface area contributed by atoms with E-state index in [1.165, 1.54) is 19.1 Å². The van der Waals surface area contributed by atoms with Crippen molar-refractivity contribution >= 4 is 40.6 Å². The van der Waals surface area contributed by atoms with Crippen molar-refractivity contribution in [2.24, 2.45) is 0 Å². The Labute approximate surface area is 182 Å². The van der Waals surface area contributed by atoms with Gasteiger partial charge in [0.2, 0.25) is 0 Å². The second-order valence-corrected chi connectivity index (χ2v) is 7.91. The van der Waals surface area contributed by atoms with E-state index in [0.29, 0.717) is 11.3 Å². The second-order valence-electron chi connectivity index (χ2n) is 6.92. The van der Waals surface area contributed by atoms with Gasteiger partial charge in [-0.25, -0.2) is 4.79 Å². The van der Waals surface area contributed by atoms with E-state index in [9.17, 15) is 24.5 Å². The van der Waals surface area contributed by atoms with E-state index >= 15 is 0 Å². The van der Waals surface area contributed by atoms with E-state index in [1.807, 2.05) is 24.5 Å². The van der Waals surface area contributed by atoms with Gasteiger partial charge in [0.1, 0.15) is 6.04 Å². The Morgan fingerprint density at radius 2 is 2.00 bits per heavy atom. The minimum Gasteiger partial charge on any atom is -0.464 e. The van der Waals surface area contributed by atoms with Gasteiger partial charge < -0.3 is 9.30 Å².